The van der Waals surface area contributed by atoms with E-state index in [2.05, 4.69) is 5.10 Å². The molecule has 0 atom stereocenters. The summed E-state index contributed by atoms with van der Waals surface area (Å²) in [5, 5.41) is 2.96. The van der Waals surface area contributed by atoms with Crippen molar-refractivity contribution in [2.45, 2.75) is 6.92 Å². The normalized spacial score (nSPS) is 10.3. The minimum Gasteiger partial charge on any atom is -0.490 e. The number of benzene rings is 1. The van der Waals surface area contributed by atoms with Crippen LogP contribution in [0.1, 0.15) is 5.69 Å². The lowest BCUT2D eigenvalue weighted by atomic mass is 10.3. The number of rotatable bonds is 2. The molecule has 0 aliphatic carbocycles. The zero-order valence-corrected chi connectivity index (χ0v) is 8.65. The number of aromatic nitrogens is 2. The number of aryl methyl sites for hydroxylation is 1. The molecule has 15 heavy (non-hydrogen) atoms. The molecule has 4 heteroatoms. The third kappa shape index (κ3) is 1.54. The van der Waals surface area contributed by atoms with Gasteiger partial charge in [0.25, 0.3) is 0 Å². The predicted molar refractivity (Wildman–Crippen MR) is 57.7 cm³/mol. The standard InChI is InChI=1S/C11H12N2O2/c1-8-10(15-2)11(14)13(12-8)9-6-4-3-5-7-9/h3-7,12H,1-2H3. The van der Waals surface area contributed by atoms with Gasteiger partial charge in [-0.25, -0.2) is 4.68 Å². The first-order chi connectivity index (χ1) is 7.24. The molecule has 1 N–H and O–H groups in total. The van der Waals surface area contributed by atoms with E-state index in [0.29, 0.717) is 5.75 Å². The van der Waals surface area contributed by atoms with Gasteiger partial charge in [0.15, 0.2) is 0 Å². The lowest BCUT2D eigenvalue weighted by Crippen LogP contribution is -2.15. The Labute approximate surface area is 87.1 Å². The fraction of sp³-hybridized carbons (Fsp3) is 0.182. The van der Waals surface area contributed by atoms with Gasteiger partial charge in [0.2, 0.25) is 5.75 Å². The van der Waals surface area contributed by atoms with Crippen molar-refractivity contribution >= 4 is 0 Å². The molecule has 0 saturated heterocycles. The molecule has 0 amide bonds. The highest BCUT2D eigenvalue weighted by atomic mass is 16.5. The molecule has 0 bridgehead atoms. The first kappa shape index (κ1) is 9.58. The minimum atomic E-state index is -0.166. The number of aromatic amines is 1. The maximum atomic E-state index is 11.8. The van der Waals surface area contributed by atoms with Crippen molar-refractivity contribution in [2.24, 2.45) is 0 Å². The average Bonchev–Trinajstić information content (AvgIpc) is 2.55. The Kier molecular flexibility index (Phi) is 2.33. The molecule has 4 nitrogen and oxygen atoms in total. The summed E-state index contributed by atoms with van der Waals surface area (Å²) in [5.41, 5.74) is 1.36. The first-order valence-electron chi connectivity index (χ1n) is 4.65. The van der Waals surface area contributed by atoms with Crippen LogP contribution in [0.2, 0.25) is 0 Å². The van der Waals surface area contributed by atoms with E-state index < -0.39 is 0 Å². The van der Waals surface area contributed by atoms with Gasteiger partial charge in [-0.15, -0.1) is 0 Å². The fourth-order valence-corrected chi connectivity index (χ4v) is 1.53. The van der Waals surface area contributed by atoms with E-state index in [1.165, 1.54) is 11.8 Å². The van der Waals surface area contributed by atoms with Crippen LogP contribution in [0, 0.1) is 6.92 Å². The van der Waals surface area contributed by atoms with Gasteiger partial charge in [-0.1, -0.05) is 18.2 Å². The van der Waals surface area contributed by atoms with Crippen LogP contribution in [-0.4, -0.2) is 16.9 Å². The van der Waals surface area contributed by atoms with Gasteiger partial charge in [0.1, 0.15) is 0 Å². The molecule has 2 aromatic rings. The summed E-state index contributed by atoms with van der Waals surface area (Å²) < 4.78 is 6.48. The summed E-state index contributed by atoms with van der Waals surface area (Å²) in [6, 6.07) is 9.38. The van der Waals surface area contributed by atoms with Gasteiger partial charge in [0, 0.05) is 0 Å². The van der Waals surface area contributed by atoms with Crippen LogP contribution in [-0.2, 0) is 0 Å². The molecule has 0 saturated carbocycles. The Morgan fingerprint density at radius 2 is 1.93 bits per heavy atom. The van der Waals surface area contributed by atoms with Crippen molar-refractivity contribution in [3.05, 3.63) is 46.4 Å². The zero-order chi connectivity index (χ0) is 10.8. The fourth-order valence-electron chi connectivity index (χ4n) is 1.53. The summed E-state index contributed by atoms with van der Waals surface area (Å²) in [4.78, 5) is 11.8. The van der Waals surface area contributed by atoms with Gasteiger partial charge in [0.05, 0.1) is 18.5 Å². The predicted octanol–water partition coefficient (Wildman–Crippen LogP) is 1.48. The van der Waals surface area contributed by atoms with Gasteiger partial charge in [-0.05, 0) is 19.1 Å². The molecule has 1 aromatic heterocycles. The van der Waals surface area contributed by atoms with Crippen LogP contribution in [0.3, 0.4) is 0 Å². The first-order valence-corrected chi connectivity index (χ1v) is 4.65. The van der Waals surface area contributed by atoms with E-state index in [-0.39, 0.29) is 5.56 Å². The molecule has 0 radical (unpaired) electrons. The van der Waals surface area contributed by atoms with Crippen molar-refractivity contribution in [1.82, 2.24) is 9.78 Å². The molecular formula is C11H12N2O2. The second-order valence-electron chi connectivity index (χ2n) is 3.25. The van der Waals surface area contributed by atoms with E-state index in [9.17, 15) is 4.79 Å². The molecule has 0 unspecified atom stereocenters. The van der Waals surface area contributed by atoms with Crippen LogP contribution in [0.5, 0.6) is 5.75 Å². The number of methoxy groups -OCH3 is 1. The highest BCUT2D eigenvalue weighted by Crippen LogP contribution is 2.11. The van der Waals surface area contributed by atoms with Crippen molar-refractivity contribution in [1.29, 1.82) is 0 Å². The van der Waals surface area contributed by atoms with Crippen LogP contribution in [0.25, 0.3) is 5.69 Å². The third-order valence-corrected chi connectivity index (χ3v) is 2.24. The molecule has 78 valence electrons. The molecular weight excluding hydrogens is 192 g/mol. The molecule has 1 aromatic carbocycles. The van der Waals surface area contributed by atoms with Crippen molar-refractivity contribution in [2.75, 3.05) is 7.11 Å². The monoisotopic (exact) mass is 204 g/mol. The van der Waals surface area contributed by atoms with Crippen LogP contribution in [0.4, 0.5) is 0 Å². The van der Waals surface area contributed by atoms with Crippen molar-refractivity contribution in [3.63, 3.8) is 0 Å². The highest BCUT2D eigenvalue weighted by molar-refractivity contribution is 5.34. The third-order valence-electron chi connectivity index (χ3n) is 2.24. The number of hydrogen-bond acceptors (Lipinski definition) is 2. The Morgan fingerprint density at radius 3 is 2.47 bits per heavy atom. The van der Waals surface area contributed by atoms with E-state index in [1.54, 1.807) is 6.92 Å². The van der Waals surface area contributed by atoms with E-state index in [4.69, 9.17) is 4.74 Å². The lowest BCUT2D eigenvalue weighted by molar-refractivity contribution is 0.407. The molecule has 0 fully saturated rings. The number of nitrogens with zero attached hydrogens (tertiary/aromatic N) is 1. The SMILES string of the molecule is COc1c(C)[nH]n(-c2ccccc2)c1=O. The smallest absolute Gasteiger partial charge is 0.313 e. The molecule has 0 spiro atoms. The number of ether oxygens (including phenoxy) is 1. The summed E-state index contributed by atoms with van der Waals surface area (Å²) in [6.07, 6.45) is 0. The van der Waals surface area contributed by atoms with E-state index in [0.717, 1.165) is 11.4 Å². The molecule has 0 aliphatic heterocycles. The molecule has 1 heterocycles. The Hall–Kier alpha value is -1.97. The van der Waals surface area contributed by atoms with Gasteiger partial charge in [-0.3, -0.25) is 9.89 Å². The zero-order valence-electron chi connectivity index (χ0n) is 8.65. The summed E-state index contributed by atoms with van der Waals surface area (Å²) in [6.45, 7) is 1.81. The van der Waals surface area contributed by atoms with E-state index in [1.807, 2.05) is 30.3 Å². The van der Waals surface area contributed by atoms with Gasteiger partial charge >= 0.3 is 5.56 Å². The average molecular weight is 204 g/mol. The van der Waals surface area contributed by atoms with Gasteiger partial charge < -0.3 is 4.74 Å². The quantitative estimate of drug-likeness (QED) is 0.805. The van der Waals surface area contributed by atoms with Crippen molar-refractivity contribution in [3.8, 4) is 11.4 Å². The second kappa shape index (κ2) is 3.65. The summed E-state index contributed by atoms with van der Waals surface area (Å²) in [7, 11) is 1.49. The van der Waals surface area contributed by atoms with Crippen LogP contribution < -0.4 is 10.3 Å². The Bertz CT molecular complexity index is 511. The summed E-state index contributed by atoms with van der Waals surface area (Å²) in [5.74, 6) is 0.360. The largest absolute Gasteiger partial charge is 0.490 e. The number of H-pyrrole nitrogens is 1. The maximum absolute atomic E-state index is 11.8. The van der Waals surface area contributed by atoms with E-state index >= 15 is 0 Å². The lowest BCUT2D eigenvalue weighted by Gasteiger charge is -1.99. The second-order valence-corrected chi connectivity index (χ2v) is 3.25. The maximum Gasteiger partial charge on any atom is 0.313 e. The number of nitrogens with one attached hydrogen (secondary N) is 1. The highest BCUT2D eigenvalue weighted by Gasteiger charge is 2.11. The summed E-state index contributed by atoms with van der Waals surface area (Å²) >= 11 is 0. The topological polar surface area (TPSA) is 47.0 Å². The van der Waals surface area contributed by atoms with Crippen molar-refractivity contribution < 1.29 is 4.74 Å². The Morgan fingerprint density at radius 1 is 1.27 bits per heavy atom. The molecule has 2 rings (SSSR count). The van der Waals surface area contributed by atoms with Crippen LogP contribution in [0.15, 0.2) is 35.1 Å². The van der Waals surface area contributed by atoms with Gasteiger partial charge in [-0.2, -0.15) is 0 Å². The number of para-hydroxylation sites is 1. The molecule has 0 aliphatic rings. The minimum absolute atomic E-state index is 0.166. The Balaban J connectivity index is 2.61. The van der Waals surface area contributed by atoms with Crippen LogP contribution >= 0.6 is 0 Å². The number of hydrogen-bond donors (Lipinski definition) is 1.